The van der Waals surface area contributed by atoms with E-state index in [0.29, 0.717) is 6.42 Å². The van der Waals surface area contributed by atoms with Gasteiger partial charge in [-0.2, -0.15) is 0 Å². The van der Waals surface area contributed by atoms with Crippen LogP contribution in [0.1, 0.15) is 5.56 Å². The molecule has 4 heteroatoms. The molecule has 0 spiro atoms. The SMILES string of the molecule is CP(=O)([O-])CCc1ccccc1.[Na+]. The molecule has 0 aliphatic carbocycles. The van der Waals surface area contributed by atoms with Crippen molar-refractivity contribution in [3.05, 3.63) is 35.9 Å². The number of benzene rings is 1. The van der Waals surface area contributed by atoms with Gasteiger partial charge in [0.05, 0.1) is 0 Å². The molecule has 1 aromatic carbocycles. The first-order chi connectivity index (χ1) is 5.58. The van der Waals surface area contributed by atoms with Gasteiger partial charge in [0, 0.05) is 7.37 Å². The summed E-state index contributed by atoms with van der Waals surface area (Å²) in [5.74, 6) is 0. The third-order valence-corrected chi connectivity index (χ3v) is 2.69. The molecular weight excluding hydrogens is 194 g/mol. The second-order valence-corrected chi connectivity index (χ2v) is 5.45. The van der Waals surface area contributed by atoms with E-state index in [0.717, 1.165) is 5.56 Å². The number of hydrogen-bond acceptors (Lipinski definition) is 2. The van der Waals surface area contributed by atoms with Gasteiger partial charge in [-0.05, 0) is 24.8 Å². The molecule has 1 aromatic rings. The van der Waals surface area contributed by atoms with Crippen LogP contribution in [0, 0.1) is 0 Å². The van der Waals surface area contributed by atoms with Crippen LogP contribution in [0.25, 0.3) is 0 Å². The van der Waals surface area contributed by atoms with Gasteiger partial charge in [0.15, 0.2) is 0 Å². The molecule has 13 heavy (non-hydrogen) atoms. The quantitative estimate of drug-likeness (QED) is 0.446. The first-order valence-electron chi connectivity index (χ1n) is 3.89. The topological polar surface area (TPSA) is 40.1 Å². The van der Waals surface area contributed by atoms with Gasteiger partial charge in [-0.15, -0.1) is 0 Å². The van der Waals surface area contributed by atoms with Crippen LogP contribution < -0.4 is 34.5 Å². The first-order valence-corrected chi connectivity index (χ1v) is 6.15. The monoisotopic (exact) mass is 206 g/mol. The van der Waals surface area contributed by atoms with Gasteiger partial charge in [-0.3, -0.25) is 0 Å². The predicted octanol–water partition coefficient (Wildman–Crippen LogP) is -1.50. The molecular formula is C9H12NaO2P. The van der Waals surface area contributed by atoms with Crippen molar-refractivity contribution in [2.75, 3.05) is 12.8 Å². The fourth-order valence-corrected chi connectivity index (χ4v) is 1.64. The maximum Gasteiger partial charge on any atom is 1.00 e. The Morgan fingerprint density at radius 2 is 1.85 bits per heavy atom. The number of aryl methyl sites for hydroxylation is 1. The zero-order valence-electron chi connectivity index (χ0n) is 8.06. The summed E-state index contributed by atoms with van der Waals surface area (Å²) < 4.78 is 10.8. The summed E-state index contributed by atoms with van der Waals surface area (Å²) in [5, 5.41) is 0. The van der Waals surface area contributed by atoms with Crippen LogP contribution in [0.2, 0.25) is 0 Å². The van der Waals surface area contributed by atoms with Crippen LogP contribution in [0.4, 0.5) is 0 Å². The standard InChI is InChI=1S/C9H13O2P.Na/c1-12(10,11)8-7-9-5-3-2-4-6-9;/h2-6H,7-8H2,1H3,(H,10,11);/q;+1/p-1. The van der Waals surface area contributed by atoms with E-state index in [4.69, 9.17) is 0 Å². The molecule has 2 nitrogen and oxygen atoms in total. The predicted molar refractivity (Wildman–Crippen MR) is 48.5 cm³/mol. The Morgan fingerprint density at radius 1 is 1.31 bits per heavy atom. The van der Waals surface area contributed by atoms with Gasteiger partial charge in [-0.25, -0.2) is 0 Å². The molecule has 0 aliphatic heterocycles. The van der Waals surface area contributed by atoms with Crippen molar-refractivity contribution < 1.29 is 39.0 Å². The Labute approximate surface area is 101 Å². The maximum atomic E-state index is 10.8. The fraction of sp³-hybridized carbons (Fsp3) is 0.333. The van der Waals surface area contributed by atoms with E-state index in [1.54, 1.807) is 0 Å². The summed E-state index contributed by atoms with van der Waals surface area (Å²) >= 11 is 0. The van der Waals surface area contributed by atoms with Gasteiger partial charge in [0.25, 0.3) is 0 Å². The molecule has 1 rings (SSSR count). The largest absolute Gasteiger partial charge is 1.00 e. The summed E-state index contributed by atoms with van der Waals surface area (Å²) in [6.07, 6.45) is 0.884. The fourth-order valence-electron chi connectivity index (χ4n) is 0.977. The molecule has 0 aliphatic rings. The molecule has 0 aromatic heterocycles. The molecule has 0 saturated heterocycles. The van der Waals surface area contributed by atoms with Crippen LogP contribution in [-0.4, -0.2) is 12.8 Å². The Hall–Kier alpha value is 0.410. The Morgan fingerprint density at radius 3 is 2.31 bits per heavy atom. The van der Waals surface area contributed by atoms with Gasteiger partial charge < -0.3 is 9.46 Å². The Kier molecular flexibility index (Phi) is 6.19. The Bertz CT molecular complexity index is 281. The van der Waals surface area contributed by atoms with Crippen LogP contribution in [-0.2, 0) is 11.0 Å². The minimum absolute atomic E-state index is 0. The van der Waals surface area contributed by atoms with Crippen molar-refractivity contribution in [3.63, 3.8) is 0 Å². The zero-order chi connectivity index (χ0) is 9.03. The van der Waals surface area contributed by atoms with Crippen LogP contribution in [0.15, 0.2) is 30.3 Å². The van der Waals surface area contributed by atoms with Crippen LogP contribution in [0.5, 0.6) is 0 Å². The second kappa shape index (κ2) is 6.00. The third kappa shape index (κ3) is 6.48. The van der Waals surface area contributed by atoms with Gasteiger partial charge >= 0.3 is 29.6 Å². The molecule has 0 radical (unpaired) electrons. The summed E-state index contributed by atoms with van der Waals surface area (Å²) in [6.45, 7) is 1.29. The minimum atomic E-state index is -3.08. The van der Waals surface area contributed by atoms with Crippen molar-refractivity contribution in [1.82, 2.24) is 0 Å². The molecule has 66 valence electrons. The summed E-state index contributed by atoms with van der Waals surface area (Å²) in [5.41, 5.74) is 1.08. The minimum Gasteiger partial charge on any atom is -0.799 e. The molecule has 0 N–H and O–H groups in total. The first kappa shape index (κ1) is 13.4. The van der Waals surface area contributed by atoms with Gasteiger partial charge in [0.1, 0.15) is 0 Å². The van der Waals surface area contributed by atoms with Gasteiger partial charge in [0.2, 0.25) is 0 Å². The van der Waals surface area contributed by atoms with E-state index in [1.165, 1.54) is 6.66 Å². The van der Waals surface area contributed by atoms with Crippen LogP contribution in [0.3, 0.4) is 0 Å². The average molecular weight is 206 g/mol. The van der Waals surface area contributed by atoms with E-state index in [-0.39, 0.29) is 35.7 Å². The molecule has 1 atom stereocenters. The molecule has 0 bridgehead atoms. The zero-order valence-corrected chi connectivity index (χ0v) is 11.0. The molecule has 0 heterocycles. The molecule has 0 fully saturated rings. The Balaban J connectivity index is 0.00000144. The smallest absolute Gasteiger partial charge is 0.799 e. The van der Waals surface area contributed by atoms with Crippen molar-refractivity contribution in [1.29, 1.82) is 0 Å². The molecule has 1 unspecified atom stereocenters. The number of hydrogen-bond donors (Lipinski definition) is 0. The van der Waals surface area contributed by atoms with Crippen molar-refractivity contribution in [2.24, 2.45) is 0 Å². The van der Waals surface area contributed by atoms with Crippen molar-refractivity contribution >= 4 is 7.37 Å². The van der Waals surface area contributed by atoms with Crippen LogP contribution >= 0.6 is 7.37 Å². The van der Waals surface area contributed by atoms with E-state index in [2.05, 4.69) is 0 Å². The molecule has 0 amide bonds. The van der Waals surface area contributed by atoms with Gasteiger partial charge in [-0.1, -0.05) is 30.3 Å². The van der Waals surface area contributed by atoms with Crippen molar-refractivity contribution in [3.8, 4) is 0 Å². The molecule has 0 saturated carbocycles. The maximum absolute atomic E-state index is 10.8. The summed E-state index contributed by atoms with van der Waals surface area (Å²) in [4.78, 5) is 10.8. The normalized spacial score (nSPS) is 14.3. The number of rotatable bonds is 3. The van der Waals surface area contributed by atoms with E-state index < -0.39 is 7.37 Å². The second-order valence-electron chi connectivity index (χ2n) is 2.97. The average Bonchev–Trinajstić information content (AvgIpc) is 2.02. The summed E-state index contributed by atoms with van der Waals surface area (Å²) in [6, 6.07) is 9.64. The van der Waals surface area contributed by atoms with E-state index >= 15 is 0 Å². The van der Waals surface area contributed by atoms with E-state index in [9.17, 15) is 9.46 Å². The van der Waals surface area contributed by atoms with E-state index in [1.807, 2.05) is 30.3 Å². The van der Waals surface area contributed by atoms with Crippen molar-refractivity contribution in [2.45, 2.75) is 6.42 Å². The summed E-state index contributed by atoms with van der Waals surface area (Å²) in [7, 11) is -3.08. The third-order valence-electron chi connectivity index (χ3n) is 1.65.